The number of amides is 1. The SMILES string of the molecule is O=C(NCCCOCC1CC1)C1CCN(S(=O)(=O)/C=C/c2ccccc2)CC1. The highest BCUT2D eigenvalue weighted by atomic mass is 32.2. The van der Waals surface area contributed by atoms with Crippen LogP contribution in [0.15, 0.2) is 35.7 Å². The summed E-state index contributed by atoms with van der Waals surface area (Å²) < 4.78 is 32.0. The smallest absolute Gasteiger partial charge is 0.236 e. The van der Waals surface area contributed by atoms with Crippen molar-refractivity contribution in [2.75, 3.05) is 32.8 Å². The van der Waals surface area contributed by atoms with Crippen LogP contribution in [-0.2, 0) is 19.6 Å². The highest BCUT2D eigenvalue weighted by Crippen LogP contribution is 2.28. The predicted molar refractivity (Wildman–Crippen MR) is 110 cm³/mol. The lowest BCUT2D eigenvalue weighted by Crippen LogP contribution is -2.42. The third-order valence-electron chi connectivity index (χ3n) is 5.23. The molecule has 1 saturated carbocycles. The first-order valence-electron chi connectivity index (χ1n) is 10.1. The van der Waals surface area contributed by atoms with Crippen molar-refractivity contribution in [2.24, 2.45) is 11.8 Å². The van der Waals surface area contributed by atoms with Crippen LogP contribution in [0, 0.1) is 11.8 Å². The molecule has 2 fully saturated rings. The number of piperidine rings is 1. The summed E-state index contributed by atoms with van der Waals surface area (Å²) >= 11 is 0. The Morgan fingerprint density at radius 3 is 2.54 bits per heavy atom. The maximum atomic E-state index is 12.5. The number of ether oxygens (including phenoxy) is 1. The van der Waals surface area contributed by atoms with Gasteiger partial charge in [0, 0.05) is 44.2 Å². The summed E-state index contributed by atoms with van der Waals surface area (Å²) in [4.78, 5) is 12.3. The number of carbonyl (C=O) groups is 1. The lowest BCUT2D eigenvalue weighted by molar-refractivity contribution is -0.126. The molecular weight excluding hydrogens is 376 g/mol. The van der Waals surface area contributed by atoms with Crippen LogP contribution < -0.4 is 5.32 Å². The molecule has 3 rings (SSSR count). The van der Waals surface area contributed by atoms with Crippen molar-refractivity contribution in [2.45, 2.75) is 32.1 Å². The summed E-state index contributed by atoms with van der Waals surface area (Å²) in [6, 6.07) is 9.35. The van der Waals surface area contributed by atoms with Crippen LogP contribution in [-0.4, -0.2) is 51.5 Å². The van der Waals surface area contributed by atoms with Gasteiger partial charge in [-0.15, -0.1) is 0 Å². The van der Waals surface area contributed by atoms with E-state index in [4.69, 9.17) is 4.74 Å². The second-order valence-corrected chi connectivity index (χ2v) is 9.41. The van der Waals surface area contributed by atoms with E-state index < -0.39 is 10.0 Å². The molecule has 1 amide bonds. The Bertz CT molecular complexity index is 752. The molecule has 1 aliphatic carbocycles. The minimum Gasteiger partial charge on any atom is -0.381 e. The van der Waals surface area contributed by atoms with E-state index >= 15 is 0 Å². The fourth-order valence-electron chi connectivity index (χ4n) is 3.25. The fraction of sp³-hybridized carbons (Fsp3) is 0.571. The molecule has 1 aromatic carbocycles. The average molecular weight is 407 g/mol. The Hall–Kier alpha value is -1.70. The van der Waals surface area contributed by atoms with E-state index in [-0.39, 0.29) is 11.8 Å². The monoisotopic (exact) mass is 406 g/mol. The molecule has 1 aromatic rings. The number of nitrogens with zero attached hydrogens (tertiary/aromatic N) is 1. The molecule has 1 N–H and O–H groups in total. The van der Waals surface area contributed by atoms with Gasteiger partial charge in [-0.1, -0.05) is 30.3 Å². The van der Waals surface area contributed by atoms with Crippen LogP contribution in [0.5, 0.6) is 0 Å². The number of rotatable bonds is 10. The largest absolute Gasteiger partial charge is 0.381 e. The molecule has 7 heteroatoms. The molecule has 0 aromatic heterocycles. The van der Waals surface area contributed by atoms with Crippen molar-refractivity contribution in [1.29, 1.82) is 0 Å². The minimum absolute atomic E-state index is 0.0269. The molecule has 1 aliphatic heterocycles. The topological polar surface area (TPSA) is 75.7 Å². The van der Waals surface area contributed by atoms with Gasteiger partial charge in [0.15, 0.2) is 0 Å². The van der Waals surface area contributed by atoms with Crippen LogP contribution >= 0.6 is 0 Å². The lowest BCUT2D eigenvalue weighted by atomic mass is 9.97. The van der Waals surface area contributed by atoms with Crippen molar-refractivity contribution >= 4 is 22.0 Å². The maximum Gasteiger partial charge on any atom is 0.236 e. The number of hydrogen-bond donors (Lipinski definition) is 1. The second kappa shape index (κ2) is 10.2. The van der Waals surface area contributed by atoms with Gasteiger partial charge < -0.3 is 10.1 Å². The van der Waals surface area contributed by atoms with E-state index in [0.717, 1.165) is 24.5 Å². The van der Waals surface area contributed by atoms with E-state index in [2.05, 4.69) is 5.32 Å². The first kappa shape index (κ1) is 21.0. The summed E-state index contributed by atoms with van der Waals surface area (Å²) in [5.41, 5.74) is 0.849. The zero-order chi connectivity index (χ0) is 19.8. The van der Waals surface area contributed by atoms with Gasteiger partial charge in [0.25, 0.3) is 0 Å². The van der Waals surface area contributed by atoms with Crippen LogP contribution in [0.3, 0.4) is 0 Å². The zero-order valence-electron chi connectivity index (χ0n) is 16.3. The maximum absolute atomic E-state index is 12.5. The highest BCUT2D eigenvalue weighted by Gasteiger charge is 2.29. The third-order valence-corrected chi connectivity index (χ3v) is 6.80. The Morgan fingerprint density at radius 2 is 1.86 bits per heavy atom. The van der Waals surface area contributed by atoms with E-state index in [0.29, 0.717) is 39.1 Å². The first-order valence-corrected chi connectivity index (χ1v) is 11.6. The van der Waals surface area contributed by atoms with Crippen molar-refractivity contribution in [3.8, 4) is 0 Å². The number of benzene rings is 1. The summed E-state index contributed by atoms with van der Waals surface area (Å²) in [5.74, 6) is 0.676. The van der Waals surface area contributed by atoms with E-state index in [1.54, 1.807) is 6.08 Å². The van der Waals surface area contributed by atoms with E-state index in [1.165, 1.54) is 22.6 Å². The zero-order valence-corrected chi connectivity index (χ0v) is 17.1. The minimum atomic E-state index is -3.46. The predicted octanol–water partition coefficient (Wildman–Crippen LogP) is 2.63. The van der Waals surface area contributed by atoms with Crippen LogP contribution in [0.1, 0.15) is 37.7 Å². The molecular formula is C21H30N2O4S. The summed E-state index contributed by atoms with van der Waals surface area (Å²) in [7, 11) is -3.46. The van der Waals surface area contributed by atoms with Gasteiger partial charge in [-0.2, -0.15) is 4.31 Å². The molecule has 6 nitrogen and oxygen atoms in total. The Balaban J connectivity index is 1.35. The molecule has 0 radical (unpaired) electrons. The van der Waals surface area contributed by atoms with Crippen LogP contribution in [0.4, 0.5) is 0 Å². The van der Waals surface area contributed by atoms with Crippen LogP contribution in [0.25, 0.3) is 6.08 Å². The van der Waals surface area contributed by atoms with E-state index in [9.17, 15) is 13.2 Å². The van der Waals surface area contributed by atoms with E-state index in [1.807, 2.05) is 30.3 Å². The Kier molecular flexibility index (Phi) is 7.65. The molecule has 1 heterocycles. The number of nitrogens with one attached hydrogen (secondary N) is 1. The van der Waals surface area contributed by atoms with Gasteiger partial charge in [-0.3, -0.25) is 4.79 Å². The third kappa shape index (κ3) is 6.72. The Morgan fingerprint density at radius 1 is 1.14 bits per heavy atom. The molecule has 2 aliphatic rings. The molecule has 28 heavy (non-hydrogen) atoms. The summed E-state index contributed by atoms with van der Waals surface area (Å²) in [6.07, 6.45) is 6.11. The van der Waals surface area contributed by atoms with Crippen LogP contribution in [0.2, 0.25) is 0 Å². The molecule has 0 bridgehead atoms. The highest BCUT2D eigenvalue weighted by molar-refractivity contribution is 7.92. The van der Waals surface area contributed by atoms with Gasteiger partial charge in [-0.25, -0.2) is 8.42 Å². The molecule has 0 atom stereocenters. The fourth-order valence-corrected chi connectivity index (χ4v) is 4.47. The number of hydrogen-bond acceptors (Lipinski definition) is 4. The van der Waals surface area contributed by atoms with Crippen molar-refractivity contribution in [1.82, 2.24) is 9.62 Å². The van der Waals surface area contributed by atoms with Crippen molar-refractivity contribution in [3.05, 3.63) is 41.3 Å². The molecule has 0 spiro atoms. The number of sulfonamides is 1. The van der Waals surface area contributed by atoms with Crippen molar-refractivity contribution in [3.63, 3.8) is 0 Å². The van der Waals surface area contributed by atoms with Crippen molar-refractivity contribution < 1.29 is 17.9 Å². The average Bonchev–Trinajstić information content (AvgIpc) is 3.54. The number of carbonyl (C=O) groups excluding carboxylic acids is 1. The summed E-state index contributed by atoms with van der Waals surface area (Å²) in [6.45, 7) is 2.90. The lowest BCUT2D eigenvalue weighted by Gasteiger charge is -2.29. The quantitative estimate of drug-likeness (QED) is 0.606. The van der Waals surface area contributed by atoms with Gasteiger partial charge in [0.05, 0.1) is 0 Å². The molecule has 154 valence electrons. The first-order chi connectivity index (χ1) is 13.5. The second-order valence-electron chi connectivity index (χ2n) is 7.59. The summed E-state index contributed by atoms with van der Waals surface area (Å²) in [5, 5.41) is 4.21. The standard InChI is InChI=1S/C21H30N2O4S/c24-21(22-12-4-15-27-17-19-7-8-19)20-9-13-23(14-10-20)28(25,26)16-11-18-5-2-1-3-6-18/h1-3,5-6,11,16,19-20H,4,7-10,12-15,17H2,(H,22,24)/b16-11+. The van der Waals surface area contributed by atoms with Gasteiger partial charge in [-0.05, 0) is 49.7 Å². The molecule has 0 unspecified atom stereocenters. The Labute approximate surface area is 168 Å². The molecule has 1 saturated heterocycles. The van der Waals surface area contributed by atoms with Gasteiger partial charge in [0.2, 0.25) is 15.9 Å². The van der Waals surface area contributed by atoms with Gasteiger partial charge >= 0.3 is 0 Å². The normalized spacial score (nSPS) is 19.1. The van der Waals surface area contributed by atoms with Gasteiger partial charge in [0.1, 0.15) is 0 Å².